The lowest BCUT2D eigenvalue weighted by atomic mass is 10.1. The average Bonchev–Trinajstić information content (AvgIpc) is 2.63. The van der Waals surface area contributed by atoms with Crippen LogP contribution in [0, 0.1) is 0 Å². The molecule has 2 aromatic rings. The molecule has 25 heavy (non-hydrogen) atoms. The predicted octanol–water partition coefficient (Wildman–Crippen LogP) is 2.54. The molecule has 0 radical (unpaired) electrons. The van der Waals surface area contributed by atoms with Crippen molar-refractivity contribution in [2.75, 3.05) is 31.6 Å². The van der Waals surface area contributed by atoms with Crippen molar-refractivity contribution >= 4 is 29.1 Å². The van der Waals surface area contributed by atoms with Gasteiger partial charge in [0.25, 0.3) is 5.91 Å². The van der Waals surface area contributed by atoms with Gasteiger partial charge in [-0.15, -0.1) is 0 Å². The number of phenols is 1. The quantitative estimate of drug-likeness (QED) is 0.913. The van der Waals surface area contributed by atoms with E-state index in [0.717, 1.165) is 0 Å². The van der Waals surface area contributed by atoms with E-state index in [1.807, 2.05) is 18.2 Å². The van der Waals surface area contributed by atoms with Crippen LogP contribution in [0.3, 0.4) is 0 Å². The van der Waals surface area contributed by atoms with Gasteiger partial charge in [-0.2, -0.15) is 0 Å². The van der Waals surface area contributed by atoms with Crippen LogP contribution in [0.2, 0.25) is 5.02 Å². The second-order valence-electron chi connectivity index (χ2n) is 5.61. The van der Waals surface area contributed by atoms with Gasteiger partial charge < -0.3 is 19.6 Å². The van der Waals surface area contributed by atoms with Crippen molar-refractivity contribution in [1.82, 2.24) is 4.90 Å². The minimum absolute atomic E-state index is 0.0324. The molecule has 130 valence electrons. The van der Waals surface area contributed by atoms with Gasteiger partial charge >= 0.3 is 0 Å². The first kappa shape index (κ1) is 17.1. The van der Waals surface area contributed by atoms with Crippen LogP contribution >= 0.6 is 11.6 Å². The normalized spacial score (nSPS) is 14.6. The highest BCUT2D eigenvalue weighted by Crippen LogP contribution is 2.29. The van der Waals surface area contributed by atoms with Crippen molar-refractivity contribution in [3.63, 3.8) is 0 Å². The molecule has 1 fully saturated rings. The number of hydrogen-bond acceptors (Lipinski definition) is 4. The number of aromatic hydroxyl groups is 1. The molecule has 0 aromatic heterocycles. The number of ether oxygens (including phenoxy) is 1. The van der Waals surface area contributed by atoms with Crippen LogP contribution in [-0.2, 0) is 4.79 Å². The third-order valence-electron chi connectivity index (χ3n) is 4.08. The van der Waals surface area contributed by atoms with E-state index in [2.05, 4.69) is 0 Å². The summed E-state index contributed by atoms with van der Waals surface area (Å²) in [6, 6.07) is 11.5. The van der Waals surface area contributed by atoms with E-state index in [1.54, 1.807) is 18.1 Å². The molecule has 1 aliphatic rings. The molecule has 1 heterocycles. The van der Waals surface area contributed by atoms with Gasteiger partial charge in [-0.1, -0.05) is 23.7 Å². The van der Waals surface area contributed by atoms with Crippen molar-refractivity contribution in [2.45, 2.75) is 0 Å². The molecular weight excluding hydrogens is 344 g/mol. The fourth-order valence-electron chi connectivity index (χ4n) is 2.78. The molecule has 3 rings (SSSR count). The van der Waals surface area contributed by atoms with E-state index in [1.165, 1.54) is 23.1 Å². The van der Waals surface area contributed by atoms with Crippen molar-refractivity contribution in [3.05, 3.63) is 53.1 Å². The molecule has 0 atom stereocenters. The monoisotopic (exact) mass is 360 g/mol. The second kappa shape index (κ2) is 7.03. The fourth-order valence-corrected chi connectivity index (χ4v) is 2.96. The van der Waals surface area contributed by atoms with E-state index in [9.17, 15) is 14.7 Å². The first-order valence-corrected chi connectivity index (χ1v) is 8.10. The standard InChI is InChI=1S/C18H17ClN2O4/c1-25-16-5-3-2-4-14(16)21-9-8-20(11-17(21)23)18(24)12-6-7-15(22)13(19)10-12/h2-7,10,22H,8-9,11H2,1H3. The lowest BCUT2D eigenvalue weighted by Crippen LogP contribution is -2.52. The summed E-state index contributed by atoms with van der Waals surface area (Å²) in [5.74, 6) is 0.0418. The Labute approximate surface area is 150 Å². The van der Waals surface area contributed by atoms with Gasteiger partial charge in [-0.25, -0.2) is 0 Å². The molecule has 1 N–H and O–H groups in total. The number of hydrogen-bond donors (Lipinski definition) is 1. The zero-order chi connectivity index (χ0) is 18.0. The van der Waals surface area contributed by atoms with Crippen LogP contribution in [0.25, 0.3) is 0 Å². The number of benzene rings is 2. The van der Waals surface area contributed by atoms with E-state index in [4.69, 9.17) is 16.3 Å². The molecule has 2 amide bonds. The topological polar surface area (TPSA) is 70.1 Å². The van der Waals surface area contributed by atoms with Crippen LogP contribution in [0.5, 0.6) is 11.5 Å². The summed E-state index contributed by atoms with van der Waals surface area (Å²) in [5, 5.41) is 9.56. The number of methoxy groups -OCH3 is 1. The number of anilines is 1. The first-order chi connectivity index (χ1) is 12.0. The third kappa shape index (κ3) is 3.39. The molecule has 0 unspecified atom stereocenters. The highest BCUT2D eigenvalue weighted by molar-refractivity contribution is 6.32. The molecule has 1 saturated heterocycles. The molecule has 7 heteroatoms. The van der Waals surface area contributed by atoms with Gasteiger partial charge in [0.15, 0.2) is 0 Å². The number of nitrogens with zero attached hydrogens (tertiary/aromatic N) is 2. The second-order valence-corrected chi connectivity index (χ2v) is 6.02. The summed E-state index contributed by atoms with van der Waals surface area (Å²) in [4.78, 5) is 28.2. The number of piperazine rings is 1. The SMILES string of the molecule is COc1ccccc1N1CCN(C(=O)c2ccc(O)c(Cl)c2)CC1=O. The van der Waals surface area contributed by atoms with Crippen LogP contribution in [0.4, 0.5) is 5.69 Å². The predicted molar refractivity (Wildman–Crippen MR) is 94.4 cm³/mol. The molecule has 0 spiro atoms. The minimum atomic E-state index is -0.296. The molecule has 0 aliphatic carbocycles. The van der Waals surface area contributed by atoms with Gasteiger partial charge in [0.05, 0.1) is 17.8 Å². The zero-order valence-corrected chi connectivity index (χ0v) is 14.4. The third-order valence-corrected chi connectivity index (χ3v) is 4.38. The van der Waals surface area contributed by atoms with Crippen LogP contribution in [0.15, 0.2) is 42.5 Å². The highest BCUT2D eigenvalue weighted by atomic mass is 35.5. The van der Waals surface area contributed by atoms with Crippen LogP contribution in [-0.4, -0.2) is 48.6 Å². The van der Waals surface area contributed by atoms with E-state index in [-0.39, 0.29) is 29.1 Å². The van der Waals surface area contributed by atoms with Gasteiger partial charge in [0, 0.05) is 18.7 Å². The van der Waals surface area contributed by atoms with Crippen molar-refractivity contribution in [3.8, 4) is 11.5 Å². The molecule has 0 saturated carbocycles. The summed E-state index contributed by atoms with van der Waals surface area (Å²) in [6.07, 6.45) is 0. The molecule has 1 aliphatic heterocycles. The highest BCUT2D eigenvalue weighted by Gasteiger charge is 2.30. The van der Waals surface area contributed by atoms with Crippen LogP contribution in [0.1, 0.15) is 10.4 Å². The largest absolute Gasteiger partial charge is 0.506 e. The first-order valence-electron chi connectivity index (χ1n) is 7.72. The number of carbonyl (C=O) groups excluding carboxylic acids is 2. The summed E-state index contributed by atoms with van der Waals surface area (Å²) >= 11 is 5.85. The minimum Gasteiger partial charge on any atom is -0.506 e. The Morgan fingerprint density at radius 2 is 1.96 bits per heavy atom. The fraction of sp³-hybridized carbons (Fsp3) is 0.222. The summed E-state index contributed by atoms with van der Waals surface area (Å²) in [6.45, 7) is 0.729. The Morgan fingerprint density at radius 3 is 2.64 bits per heavy atom. The van der Waals surface area contributed by atoms with Gasteiger partial charge in [-0.3, -0.25) is 9.59 Å². The van der Waals surface area contributed by atoms with Crippen molar-refractivity contribution in [1.29, 1.82) is 0 Å². The maximum Gasteiger partial charge on any atom is 0.254 e. The summed E-state index contributed by atoms with van der Waals surface area (Å²) in [7, 11) is 1.55. The van der Waals surface area contributed by atoms with E-state index >= 15 is 0 Å². The molecule has 0 bridgehead atoms. The number of para-hydroxylation sites is 2. The Balaban J connectivity index is 1.76. The van der Waals surface area contributed by atoms with Gasteiger partial charge in [-0.05, 0) is 30.3 Å². The van der Waals surface area contributed by atoms with E-state index < -0.39 is 0 Å². The Morgan fingerprint density at radius 1 is 1.20 bits per heavy atom. The lowest BCUT2D eigenvalue weighted by molar-refractivity contribution is -0.120. The van der Waals surface area contributed by atoms with Crippen LogP contribution < -0.4 is 9.64 Å². The lowest BCUT2D eigenvalue weighted by Gasteiger charge is -2.35. The molecular formula is C18H17ClN2O4. The average molecular weight is 361 g/mol. The number of halogens is 1. The molecule has 2 aromatic carbocycles. The number of rotatable bonds is 3. The smallest absolute Gasteiger partial charge is 0.254 e. The van der Waals surface area contributed by atoms with E-state index in [0.29, 0.717) is 30.1 Å². The van der Waals surface area contributed by atoms with Crippen molar-refractivity contribution in [2.24, 2.45) is 0 Å². The number of amides is 2. The Kier molecular flexibility index (Phi) is 4.81. The van der Waals surface area contributed by atoms with Crippen molar-refractivity contribution < 1.29 is 19.4 Å². The molecule has 6 nitrogen and oxygen atoms in total. The maximum absolute atomic E-state index is 12.6. The summed E-state index contributed by atoms with van der Waals surface area (Å²) < 4.78 is 5.30. The number of carbonyl (C=O) groups is 2. The van der Waals surface area contributed by atoms with Gasteiger partial charge in [0.1, 0.15) is 18.0 Å². The Hall–Kier alpha value is -2.73. The van der Waals surface area contributed by atoms with Gasteiger partial charge in [0.2, 0.25) is 5.91 Å². The zero-order valence-electron chi connectivity index (χ0n) is 13.6. The number of phenolic OH excluding ortho intramolecular Hbond substituents is 1. The Bertz CT molecular complexity index is 824. The maximum atomic E-state index is 12.6. The summed E-state index contributed by atoms with van der Waals surface area (Å²) in [5.41, 5.74) is 1.02.